The van der Waals surface area contributed by atoms with Crippen molar-refractivity contribution < 1.29 is 9.47 Å². The summed E-state index contributed by atoms with van der Waals surface area (Å²) in [5, 5.41) is 3.48. The number of nitrogens with one attached hydrogen (secondary N) is 1. The molecule has 29 heavy (non-hydrogen) atoms. The number of likely N-dealkylation sites (tertiary alicyclic amines) is 1. The van der Waals surface area contributed by atoms with Gasteiger partial charge in [-0.3, -0.25) is 4.90 Å². The molecule has 5 rings (SSSR count). The zero-order valence-electron chi connectivity index (χ0n) is 17.4. The Balaban J connectivity index is 1.35. The predicted molar refractivity (Wildman–Crippen MR) is 112 cm³/mol. The minimum absolute atomic E-state index is 0.0240. The molecule has 1 unspecified atom stereocenters. The van der Waals surface area contributed by atoms with Gasteiger partial charge in [0.15, 0.2) is 0 Å². The van der Waals surface area contributed by atoms with E-state index in [4.69, 9.17) is 19.4 Å². The molecule has 0 bridgehead atoms. The van der Waals surface area contributed by atoms with Gasteiger partial charge in [0, 0.05) is 30.9 Å². The second kappa shape index (κ2) is 7.58. The Labute approximate surface area is 172 Å². The number of anilines is 1. The summed E-state index contributed by atoms with van der Waals surface area (Å²) in [4.78, 5) is 12.3. The Bertz CT molecular complexity index is 881. The third-order valence-corrected chi connectivity index (χ3v) is 6.58. The fourth-order valence-electron chi connectivity index (χ4n) is 4.65. The Hall–Kier alpha value is -2.18. The van der Waals surface area contributed by atoms with Crippen LogP contribution in [0.4, 0.5) is 5.95 Å². The first-order valence-electron chi connectivity index (χ1n) is 10.7. The van der Waals surface area contributed by atoms with Gasteiger partial charge in [-0.25, -0.2) is 9.97 Å². The highest BCUT2D eigenvalue weighted by Crippen LogP contribution is 2.40. The molecular weight excluding hydrogens is 364 g/mol. The number of hydrogen-bond acceptors (Lipinski definition) is 6. The van der Waals surface area contributed by atoms with Gasteiger partial charge in [0.2, 0.25) is 5.95 Å². The van der Waals surface area contributed by atoms with Crippen LogP contribution in [0.15, 0.2) is 24.3 Å². The first kappa shape index (κ1) is 18.8. The number of nitrogens with zero attached hydrogens (tertiary/aromatic N) is 3. The molecule has 1 spiro atoms. The van der Waals surface area contributed by atoms with E-state index in [0.717, 1.165) is 62.5 Å². The number of fused-ring (bicyclic) bond motifs is 2. The van der Waals surface area contributed by atoms with Crippen LogP contribution in [-0.4, -0.2) is 48.2 Å². The number of ether oxygens (including phenoxy) is 2. The Kier molecular flexibility index (Phi) is 4.92. The molecule has 3 heterocycles. The molecule has 1 aliphatic carbocycles. The first-order chi connectivity index (χ1) is 14.1. The molecule has 6 nitrogen and oxygen atoms in total. The molecule has 6 heteroatoms. The van der Waals surface area contributed by atoms with Gasteiger partial charge in [-0.1, -0.05) is 12.1 Å². The molecule has 2 fully saturated rings. The van der Waals surface area contributed by atoms with E-state index in [0.29, 0.717) is 6.61 Å². The monoisotopic (exact) mass is 394 g/mol. The quantitative estimate of drug-likeness (QED) is 0.811. The summed E-state index contributed by atoms with van der Waals surface area (Å²) in [5.41, 5.74) is 4.75. The standard InChI is InChI=1S/C23H30N4O2/c1-16-20-13-29-15-23(21(20)26-22(25-16)24-11-17-3-4-17)9-10-27(14-23)12-18-5-7-19(28-2)8-6-18/h5-8,17H,3-4,9-15H2,1-2H3,(H,24,25,26). The first-order valence-corrected chi connectivity index (χ1v) is 10.7. The lowest BCUT2D eigenvalue weighted by molar-refractivity contribution is 0.0498. The van der Waals surface area contributed by atoms with Crippen molar-refractivity contribution in [2.75, 3.05) is 38.7 Å². The van der Waals surface area contributed by atoms with E-state index >= 15 is 0 Å². The Morgan fingerprint density at radius 3 is 2.83 bits per heavy atom. The summed E-state index contributed by atoms with van der Waals surface area (Å²) >= 11 is 0. The van der Waals surface area contributed by atoms with Crippen LogP contribution < -0.4 is 10.1 Å². The topological polar surface area (TPSA) is 59.5 Å². The lowest BCUT2D eigenvalue weighted by atomic mass is 9.80. The molecule has 0 amide bonds. The normalized spacial score (nSPS) is 23.9. The van der Waals surface area contributed by atoms with Crippen molar-refractivity contribution in [3.8, 4) is 5.75 Å². The molecule has 1 N–H and O–H groups in total. The maximum absolute atomic E-state index is 6.05. The van der Waals surface area contributed by atoms with E-state index in [2.05, 4.69) is 29.3 Å². The smallest absolute Gasteiger partial charge is 0.223 e. The molecule has 154 valence electrons. The van der Waals surface area contributed by atoms with E-state index in [1.807, 2.05) is 12.1 Å². The van der Waals surface area contributed by atoms with Gasteiger partial charge in [0.05, 0.1) is 31.4 Å². The van der Waals surface area contributed by atoms with Crippen molar-refractivity contribution >= 4 is 5.95 Å². The lowest BCUT2D eigenvalue weighted by Gasteiger charge is -2.35. The second-order valence-electron chi connectivity index (χ2n) is 8.87. The number of hydrogen-bond donors (Lipinski definition) is 1. The van der Waals surface area contributed by atoms with E-state index in [1.165, 1.54) is 29.7 Å². The van der Waals surface area contributed by atoms with Gasteiger partial charge in [0.1, 0.15) is 5.75 Å². The maximum atomic E-state index is 6.05. The van der Waals surface area contributed by atoms with Crippen molar-refractivity contribution in [1.29, 1.82) is 0 Å². The van der Waals surface area contributed by atoms with Crippen molar-refractivity contribution in [3.05, 3.63) is 46.8 Å². The third-order valence-electron chi connectivity index (χ3n) is 6.58. The van der Waals surface area contributed by atoms with Crippen LogP contribution in [0.3, 0.4) is 0 Å². The average Bonchev–Trinajstić information content (AvgIpc) is 3.49. The zero-order valence-corrected chi connectivity index (χ0v) is 17.4. The molecule has 1 atom stereocenters. The molecular formula is C23H30N4O2. The summed E-state index contributed by atoms with van der Waals surface area (Å²) in [6.45, 7) is 7.44. The average molecular weight is 395 g/mol. The molecule has 1 saturated heterocycles. The molecule has 2 aromatic rings. The van der Waals surface area contributed by atoms with Crippen LogP contribution in [0.2, 0.25) is 0 Å². The SMILES string of the molecule is COc1ccc(CN2CCC3(COCc4c(C)nc(NCC5CC5)nc43)C2)cc1. The van der Waals surface area contributed by atoms with Crippen molar-refractivity contribution in [1.82, 2.24) is 14.9 Å². The predicted octanol–water partition coefficient (Wildman–Crippen LogP) is 3.29. The maximum Gasteiger partial charge on any atom is 0.223 e. The summed E-state index contributed by atoms with van der Waals surface area (Å²) in [7, 11) is 1.71. The molecule has 3 aliphatic rings. The summed E-state index contributed by atoms with van der Waals surface area (Å²) in [6.07, 6.45) is 3.73. The van der Waals surface area contributed by atoms with E-state index in [9.17, 15) is 0 Å². The van der Waals surface area contributed by atoms with Gasteiger partial charge in [-0.05, 0) is 56.3 Å². The van der Waals surface area contributed by atoms with Gasteiger partial charge in [0.25, 0.3) is 0 Å². The lowest BCUT2D eigenvalue weighted by Crippen LogP contribution is -2.41. The molecule has 1 aromatic carbocycles. The van der Waals surface area contributed by atoms with Crippen molar-refractivity contribution in [2.45, 2.75) is 44.8 Å². The zero-order chi connectivity index (χ0) is 19.8. The summed E-state index contributed by atoms with van der Waals surface area (Å²) < 4.78 is 11.3. The second-order valence-corrected chi connectivity index (χ2v) is 8.87. The molecule has 0 radical (unpaired) electrons. The minimum Gasteiger partial charge on any atom is -0.497 e. The van der Waals surface area contributed by atoms with Crippen LogP contribution in [-0.2, 0) is 23.3 Å². The van der Waals surface area contributed by atoms with Crippen LogP contribution >= 0.6 is 0 Å². The van der Waals surface area contributed by atoms with Crippen LogP contribution in [0.25, 0.3) is 0 Å². The van der Waals surface area contributed by atoms with Crippen molar-refractivity contribution in [3.63, 3.8) is 0 Å². The van der Waals surface area contributed by atoms with Gasteiger partial charge in [-0.15, -0.1) is 0 Å². The van der Waals surface area contributed by atoms with E-state index < -0.39 is 0 Å². The largest absolute Gasteiger partial charge is 0.497 e. The Morgan fingerprint density at radius 1 is 1.24 bits per heavy atom. The number of benzene rings is 1. The van der Waals surface area contributed by atoms with E-state index in [1.54, 1.807) is 7.11 Å². The highest BCUT2D eigenvalue weighted by atomic mass is 16.5. The number of aryl methyl sites for hydroxylation is 1. The molecule has 1 saturated carbocycles. The fourth-order valence-corrected chi connectivity index (χ4v) is 4.65. The van der Waals surface area contributed by atoms with Crippen LogP contribution in [0.5, 0.6) is 5.75 Å². The van der Waals surface area contributed by atoms with Gasteiger partial charge < -0.3 is 14.8 Å². The molecule has 2 aliphatic heterocycles. The third kappa shape index (κ3) is 3.83. The Morgan fingerprint density at radius 2 is 2.07 bits per heavy atom. The highest BCUT2D eigenvalue weighted by Gasteiger charge is 2.45. The summed E-state index contributed by atoms with van der Waals surface area (Å²) in [6, 6.07) is 8.38. The van der Waals surface area contributed by atoms with E-state index in [-0.39, 0.29) is 5.41 Å². The minimum atomic E-state index is -0.0240. The number of aromatic nitrogens is 2. The fraction of sp³-hybridized carbons (Fsp3) is 0.565. The van der Waals surface area contributed by atoms with Crippen LogP contribution in [0, 0.1) is 12.8 Å². The number of methoxy groups -OCH3 is 1. The van der Waals surface area contributed by atoms with Gasteiger partial charge in [-0.2, -0.15) is 0 Å². The molecule has 1 aromatic heterocycles. The summed E-state index contributed by atoms with van der Waals surface area (Å²) in [5.74, 6) is 2.50. The number of rotatable bonds is 6. The van der Waals surface area contributed by atoms with Crippen molar-refractivity contribution in [2.24, 2.45) is 5.92 Å². The highest BCUT2D eigenvalue weighted by molar-refractivity contribution is 5.40. The van der Waals surface area contributed by atoms with Crippen LogP contribution in [0.1, 0.15) is 41.8 Å². The van der Waals surface area contributed by atoms with Gasteiger partial charge >= 0.3 is 0 Å².